The number of hydrogen-bond donors (Lipinski definition) is 1. The van der Waals surface area contributed by atoms with E-state index < -0.39 is 24.3 Å². The topological polar surface area (TPSA) is 64.6 Å². The summed E-state index contributed by atoms with van der Waals surface area (Å²) in [6, 6.07) is 4.30. The van der Waals surface area contributed by atoms with Gasteiger partial charge in [-0.05, 0) is 24.6 Å². The lowest BCUT2D eigenvalue weighted by atomic mass is 10.2. The van der Waals surface area contributed by atoms with Crippen LogP contribution >= 0.6 is 0 Å². The molecule has 0 aliphatic heterocycles. The van der Waals surface area contributed by atoms with E-state index in [-0.39, 0.29) is 6.61 Å². The van der Waals surface area contributed by atoms with Gasteiger partial charge in [-0.15, -0.1) is 0 Å². The molecule has 0 spiro atoms. The quantitative estimate of drug-likeness (QED) is 0.804. The Kier molecular flexibility index (Phi) is 5.26. The average Bonchev–Trinajstić information content (AvgIpc) is 2.32. The molecule has 0 radical (unpaired) electrons. The van der Waals surface area contributed by atoms with E-state index in [0.717, 1.165) is 0 Å². The van der Waals surface area contributed by atoms with Gasteiger partial charge in [-0.3, -0.25) is 4.79 Å². The SMILES string of the molecule is COCC(=O)OCC(=O)Nc1ccc(C)c(F)c1. The maximum atomic E-state index is 13.2. The maximum Gasteiger partial charge on any atom is 0.332 e. The third kappa shape index (κ3) is 4.50. The van der Waals surface area contributed by atoms with Crippen LogP contribution in [0, 0.1) is 12.7 Å². The molecule has 0 aromatic heterocycles. The zero-order valence-corrected chi connectivity index (χ0v) is 10.2. The molecular weight excluding hydrogens is 241 g/mol. The number of nitrogens with one attached hydrogen (secondary N) is 1. The molecule has 0 aliphatic carbocycles. The fourth-order valence-electron chi connectivity index (χ4n) is 1.17. The second-order valence-corrected chi connectivity index (χ2v) is 3.61. The number of ether oxygens (including phenoxy) is 2. The second-order valence-electron chi connectivity index (χ2n) is 3.61. The molecular formula is C12H14FNO4. The second kappa shape index (κ2) is 6.70. The largest absolute Gasteiger partial charge is 0.454 e. The van der Waals surface area contributed by atoms with Crippen LogP contribution in [0.15, 0.2) is 18.2 Å². The molecule has 1 aromatic rings. The summed E-state index contributed by atoms with van der Waals surface area (Å²) in [5.41, 5.74) is 0.797. The third-order valence-electron chi connectivity index (χ3n) is 2.08. The molecule has 0 bridgehead atoms. The van der Waals surface area contributed by atoms with Crippen molar-refractivity contribution in [2.24, 2.45) is 0 Å². The molecule has 6 heteroatoms. The van der Waals surface area contributed by atoms with E-state index in [0.29, 0.717) is 11.3 Å². The fourth-order valence-corrected chi connectivity index (χ4v) is 1.17. The Bertz CT molecular complexity index is 448. The van der Waals surface area contributed by atoms with Crippen LogP contribution in [0.3, 0.4) is 0 Å². The highest BCUT2D eigenvalue weighted by Crippen LogP contribution is 2.13. The lowest BCUT2D eigenvalue weighted by Crippen LogP contribution is -2.22. The van der Waals surface area contributed by atoms with E-state index in [2.05, 4.69) is 14.8 Å². The first kappa shape index (κ1) is 14.1. The van der Waals surface area contributed by atoms with Gasteiger partial charge in [0.15, 0.2) is 6.61 Å². The minimum absolute atomic E-state index is 0.216. The van der Waals surface area contributed by atoms with Crippen LogP contribution < -0.4 is 5.32 Å². The van der Waals surface area contributed by atoms with Gasteiger partial charge >= 0.3 is 5.97 Å². The Morgan fingerprint density at radius 2 is 2.06 bits per heavy atom. The Labute approximate surface area is 104 Å². The number of carbonyl (C=O) groups is 2. The number of benzene rings is 1. The number of hydrogen-bond acceptors (Lipinski definition) is 4. The molecule has 0 atom stereocenters. The van der Waals surface area contributed by atoms with E-state index in [1.807, 2.05) is 0 Å². The monoisotopic (exact) mass is 255 g/mol. The highest BCUT2D eigenvalue weighted by Gasteiger charge is 2.08. The molecule has 1 amide bonds. The summed E-state index contributed by atoms with van der Waals surface area (Å²) in [6.45, 7) is 0.970. The molecule has 1 rings (SSSR count). The first-order valence-corrected chi connectivity index (χ1v) is 5.23. The molecule has 0 saturated carbocycles. The van der Waals surface area contributed by atoms with E-state index in [1.165, 1.54) is 13.2 Å². The molecule has 0 unspecified atom stereocenters. The number of halogens is 1. The minimum Gasteiger partial charge on any atom is -0.454 e. The lowest BCUT2D eigenvalue weighted by Gasteiger charge is -2.07. The Hall–Kier alpha value is -1.95. The molecule has 0 aliphatic rings. The van der Waals surface area contributed by atoms with Gasteiger partial charge in [-0.1, -0.05) is 6.07 Å². The fraction of sp³-hybridized carbons (Fsp3) is 0.333. The lowest BCUT2D eigenvalue weighted by molar-refractivity contribution is -0.150. The van der Waals surface area contributed by atoms with Gasteiger partial charge in [0.2, 0.25) is 0 Å². The van der Waals surface area contributed by atoms with Gasteiger partial charge in [0.25, 0.3) is 5.91 Å². The number of esters is 1. The van der Waals surface area contributed by atoms with Crippen LogP contribution in [-0.4, -0.2) is 32.2 Å². The molecule has 5 nitrogen and oxygen atoms in total. The summed E-state index contributed by atoms with van der Waals surface area (Å²) in [4.78, 5) is 22.3. The minimum atomic E-state index is -0.636. The van der Waals surface area contributed by atoms with Crippen LogP contribution in [0.2, 0.25) is 0 Å². The summed E-state index contributed by atoms with van der Waals surface area (Å²) in [5.74, 6) is -1.59. The number of anilines is 1. The van der Waals surface area contributed by atoms with Crippen molar-refractivity contribution in [3.05, 3.63) is 29.6 Å². The van der Waals surface area contributed by atoms with Crippen molar-refractivity contribution in [1.29, 1.82) is 0 Å². The van der Waals surface area contributed by atoms with Crippen molar-refractivity contribution in [2.45, 2.75) is 6.92 Å². The van der Waals surface area contributed by atoms with E-state index in [4.69, 9.17) is 0 Å². The van der Waals surface area contributed by atoms with Crippen molar-refractivity contribution >= 4 is 17.6 Å². The first-order valence-electron chi connectivity index (χ1n) is 5.23. The normalized spacial score (nSPS) is 9.94. The van der Waals surface area contributed by atoms with Crippen molar-refractivity contribution in [1.82, 2.24) is 0 Å². The predicted octanol–water partition coefficient (Wildman–Crippen LogP) is 1.26. The number of carbonyl (C=O) groups excluding carboxylic acids is 2. The van der Waals surface area contributed by atoms with Crippen LogP contribution in [-0.2, 0) is 19.1 Å². The molecule has 0 saturated heterocycles. The van der Waals surface area contributed by atoms with E-state index in [9.17, 15) is 14.0 Å². The smallest absolute Gasteiger partial charge is 0.332 e. The average molecular weight is 255 g/mol. The Balaban J connectivity index is 2.44. The highest BCUT2D eigenvalue weighted by atomic mass is 19.1. The summed E-state index contributed by atoms with van der Waals surface area (Å²) >= 11 is 0. The number of methoxy groups -OCH3 is 1. The van der Waals surface area contributed by atoms with Crippen LogP contribution in [0.25, 0.3) is 0 Å². The van der Waals surface area contributed by atoms with Crippen LogP contribution in [0.5, 0.6) is 0 Å². The summed E-state index contributed by atoms with van der Waals surface area (Å²) in [7, 11) is 1.34. The molecule has 0 heterocycles. The molecule has 18 heavy (non-hydrogen) atoms. The van der Waals surface area contributed by atoms with E-state index in [1.54, 1.807) is 19.1 Å². The zero-order chi connectivity index (χ0) is 13.5. The van der Waals surface area contributed by atoms with Gasteiger partial charge in [-0.25, -0.2) is 9.18 Å². The van der Waals surface area contributed by atoms with Gasteiger partial charge in [0.1, 0.15) is 12.4 Å². The standard InChI is InChI=1S/C12H14FNO4/c1-8-3-4-9(5-10(8)13)14-11(15)6-18-12(16)7-17-2/h3-5H,6-7H2,1-2H3,(H,14,15). The summed E-state index contributed by atoms with van der Waals surface area (Å²) in [6.07, 6.45) is 0. The van der Waals surface area contributed by atoms with Gasteiger partial charge in [0, 0.05) is 12.8 Å². The summed E-state index contributed by atoms with van der Waals surface area (Å²) < 4.78 is 22.3. The van der Waals surface area contributed by atoms with Crippen LogP contribution in [0.1, 0.15) is 5.56 Å². The number of rotatable bonds is 5. The molecule has 0 fully saturated rings. The molecule has 1 aromatic carbocycles. The van der Waals surface area contributed by atoms with Crippen molar-refractivity contribution in [2.75, 3.05) is 25.6 Å². The van der Waals surface area contributed by atoms with Gasteiger partial charge in [0.05, 0.1) is 0 Å². The van der Waals surface area contributed by atoms with Crippen molar-refractivity contribution in [3.63, 3.8) is 0 Å². The molecule has 1 N–H and O–H groups in total. The first-order chi connectivity index (χ1) is 8.52. The van der Waals surface area contributed by atoms with Gasteiger partial charge in [-0.2, -0.15) is 0 Å². The van der Waals surface area contributed by atoms with Crippen molar-refractivity contribution in [3.8, 4) is 0 Å². The zero-order valence-electron chi connectivity index (χ0n) is 10.2. The van der Waals surface area contributed by atoms with E-state index >= 15 is 0 Å². The Morgan fingerprint density at radius 3 is 2.67 bits per heavy atom. The van der Waals surface area contributed by atoms with Crippen LogP contribution in [0.4, 0.5) is 10.1 Å². The molecule has 98 valence electrons. The van der Waals surface area contributed by atoms with Crippen molar-refractivity contribution < 1.29 is 23.5 Å². The Morgan fingerprint density at radius 1 is 1.33 bits per heavy atom. The number of aryl methyl sites for hydroxylation is 1. The maximum absolute atomic E-state index is 13.2. The highest BCUT2D eigenvalue weighted by molar-refractivity contribution is 5.92. The van der Waals surface area contributed by atoms with Gasteiger partial charge < -0.3 is 14.8 Å². The third-order valence-corrected chi connectivity index (χ3v) is 2.08. The predicted molar refractivity (Wildman–Crippen MR) is 62.6 cm³/mol. The number of amides is 1. The summed E-state index contributed by atoms with van der Waals surface area (Å²) in [5, 5.41) is 2.41.